The Morgan fingerprint density at radius 3 is 2.08 bits per heavy atom. The molecular weight excluding hydrogens is 320 g/mol. The average Bonchev–Trinajstić information content (AvgIpc) is 2.68. The average molecular weight is 340 g/mol. The van der Waals surface area contributed by atoms with E-state index < -0.39 is 5.97 Å². The Kier molecular flexibility index (Phi) is 5.46. The first-order chi connectivity index (χ1) is 12.2. The van der Waals surface area contributed by atoms with E-state index in [1.807, 2.05) is 0 Å². The highest BCUT2D eigenvalue weighted by Gasteiger charge is 2.16. The molecule has 1 aliphatic rings. The lowest BCUT2D eigenvalue weighted by Crippen LogP contribution is -2.24. The molecule has 1 saturated heterocycles. The molecular formula is C20H20O5. The molecule has 1 unspecified atom stereocenters. The number of ketones is 1. The standard InChI is InChI=1S/C20H20O5/c1-23-20(22)16-7-5-14(6-8-16)19(21)15-9-11-17(12-10-15)25-18-4-2-3-13-24-18/h5-12,18H,2-4,13H2,1H3. The fourth-order valence-corrected chi connectivity index (χ4v) is 2.68. The van der Waals surface area contributed by atoms with Crippen molar-refractivity contribution >= 4 is 11.8 Å². The fourth-order valence-electron chi connectivity index (χ4n) is 2.68. The van der Waals surface area contributed by atoms with Crippen LogP contribution in [0.25, 0.3) is 0 Å². The smallest absolute Gasteiger partial charge is 0.337 e. The number of hydrogen-bond donors (Lipinski definition) is 0. The second kappa shape index (κ2) is 7.94. The number of benzene rings is 2. The van der Waals surface area contributed by atoms with Gasteiger partial charge in [-0.25, -0.2) is 4.79 Å². The van der Waals surface area contributed by atoms with E-state index in [1.165, 1.54) is 7.11 Å². The molecule has 0 radical (unpaired) electrons. The highest BCUT2D eigenvalue weighted by Crippen LogP contribution is 2.21. The lowest BCUT2D eigenvalue weighted by atomic mass is 10.0. The molecule has 5 heteroatoms. The number of methoxy groups -OCH3 is 1. The van der Waals surface area contributed by atoms with E-state index in [0.29, 0.717) is 22.4 Å². The molecule has 25 heavy (non-hydrogen) atoms. The molecule has 0 aromatic heterocycles. The molecule has 1 atom stereocenters. The summed E-state index contributed by atoms with van der Waals surface area (Å²) in [7, 11) is 1.32. The monoisotopic (exact) mass is 340 g/mol. The number of esters is 1. The summed E-state index contributed by atoms with van der Waals surface area (Å²) in [5.41, 5.74) is 1.48. The van der Waals surface area contributed by atoms with Crippen LogP contribution >= 0.6 is 0 Å². The van der Waals surface area contributed by atoms with Crippen molar-refractivity contribution in [3.8, 4) is 5.75 Å². The van der Waals surface area contributed by atoms with Crippen molar-refractivity contribution in [1.82, 2.24) is 0 Å². The van der Waals surface area contributed by atoms with Gasteiger partial charge in [-0.1, -0.05) is 12.1 Å². The largest absolute Gasteiger partial charge is 0.465 e. The quantitative estimate of drug-likeness (QED) is 0.615. The van der Waals surface area contributed by atoms with Gasteiger partial charge in [-0.15, -0.1) is 0 Å². The summed E-state index contributed by atoms with van der Waals surface area (Å²) in [4.78, 5) is 24.0. The van der Waals surface area contributed by atoms with Crippen LogP contribution in [0.5, 0.6) is 5.75 Å². The number of carbonyl (C=O) groups excluding carboxylic acids is 2. The highest BCUT2D eigenvalue weighted by atomic mass is 16.7. The normalized spacial score (nSPS) is 16.9. The van der Waals surface area contributed by atoms with E-state index in [2.05, 4.69) is 4.74 Å². The van der Waals surface area contributed by atoms with Gasteiger partial charge in [0.15, 0.2) is 12.1 Å². The van der Waals surface area contributed by atoms with Crippen LogP contribution in [-0.2, 0) is 9.47 Å². The number of hydrogen-bond acceptors (Lipinski definition) is 5. The van der Waals surface area contributed by atoms with E-state index in [-0.39, 0.29) is 12.1 Å². The van der Waals surface area contributed by atoms with Crippen molar-refractivity contribution in [1.29, 1.82) is 0 Å². The lowest BCUT2D eigenvalue weighted by molar-refractivity contribution is -0.105. The summed E-state index contributed by atoms with van der Waals surface area (Å²) < 4.78 is 16.0. The van der Waals surface area contributed by atoms with Gasteiger partial charge in [0.05, 0.1) is 19.3 Å². The summed E-state index contributed by atoms with van der Waals surface area (Å²) in [6, 6.07) is 13.4. The topological polar surface area (TPSA) is 61.8 Å². The van der Waals surface area contributed by atoms with Gasteiger partial charge in [0.1, 0.15) is 5.75 Å². The maximum atomic E-state index is 12.5. The van der Waals surface area contributed by atoms with Gasteiger partial charge in [0, 0.05) is 17.5 Å². The molecule has 0 amide bonds. The fraction of sp³-hybridized carbons (Fsp3) is 0.300. The molecule has 1 fully saturated rings. The second-order valence-electron chi connectivity index (χ2n) is 5.84. The summed E-state index contributed by atoms with van der Waals surface area (Å²) in [6.07, 6.45) is 2.85. The molecule has 1 aliphatic heterocycles. The third-order valence-corrected chi connectivity index (χ3v) is 4.09. The zero-order valence-electron chi connectivity index (χ0n) is 14.1. The maximum Gasteiger partial charge on any atom is 0.337 e. The minimum absolute atomic E-state index is 0.114. The molecule has 130 valence electrons. The third kappa shape index (κ3) is 4.25. The van der Waals surface area contributed by atoms with Crippen molar-refractivity contribution in [2.24, 2.45) is 0 Å². The first kappa shape index (κ1) is 17.2. The van der Waals surface area contributed by atoms with Crippen molar-refractivity contribution < 1.29 is 23.8 Å². The Hall–Kier alpha value is -2.66. The van der Waals surface area contributed by atoms with Crippen molar-refractivity contribution in [3.05, 3.63) is 65.2 Å². The molecule has 5 nitrogen and oxygen atoms in total. The second-order valence-corrected chi connectivity index (χ2v) is 5.84. The third-order valence-electron chi connectivity index (χ3n) is 4.09. The van der Waals surface area contributed by atoms with Crippen LogP contribution in [0, 0.1) is 0 Å². The highest BCUT2D eigenvalue weighted by molar-refractivity contribution is 6.09. The van der Waals surface area contributed by atoms with Crippen molar-refractivity contribution in [2.45, 2.75) is 25.6 Å². The molecule has 2 aromatic rings. The van der Waals surface area contributed by atoms with Gasteiger partial charge in [0.2, 0.25) is 0 Å². The minimum atomic E-state index is -0.426. The van der Waals surface area contributed by atoms with Crippen LogP contribution in [0.1, 0.15) is 45.5 Å². The minimum Gasteiger partial charge on any atom is -0.465 e. The predicted octanol–water partition coefficient (Wildman–Crippen LogP) is 3.61. The Morgan fingerprint density at radius 1 is 0.920 bits per heavy atom. The summed E-state index contributed by atoms with van der Waals surface area (Å²) in [6.45, 7) is 0.725. The number of ether oxygens (including phenoxy) is 3. The molecule has 0 spiro atoms. The van der Waals surface area contributed by atoms with E-state index in [4.69, 9.17) is 9.47 Å². The van der Waals surface area contributed by atoms with Crippen molar-refractivity contribution in [3.63, 3.8) is 0 Å². The van der Waals surface area contributed by atoms with E-state index in [0.717, 1.165) is 25.9 Å². The summed E-state index contributed by atoms with van der Waals surface area (Å²) in [5.74, 6) is 0.145. The molecule has 0 N–H and O–H groups in total. The molecule has 0 bridgehead atoms. The van der Waals surface area contributed by atoms with Gasteiger partial charge < -0.3 is 14.2 Å². The van der Waals surface area contributed by atoms with Crippen molar-refractivity contribution in [2.75, 3.05) is 13.7 Å². The van der Waals surface area contributed by atoms with Crippen LogP contribution in [-0.4, -0.2) is 31.8 Å². The lowest BCUT2D eigenvalue weighted by Gasteiger charge is -2.23. The van der Waals surface area contributed by atoms with E-state index >= 15 is 0 Å². The Morgan fingerprint density at radius 2 is 1.52 bits per heavy atom. The Balaban J connectivity index is 1.66. The van der Waals surface area contributed by atoms with E-state index in [9.17, 15) is 9.59 Å². The van der Waals surface area contributed by atoms with Crippen LogP contribution < -0.4 is 4.74 Å². The van der Waals surface area contributed by atoms with Crippen LogP contribution in [0.4, 0.5) is 0 Å². The van der Waals surface area contributed by atoms with Gasteiger partial charge in [0.25, 0.3) is 0 Å². The van der Waals surface area contributed by atoms with Gasteiger partial charge in [-0.3, -0.25) is 4.79 Å². The number of rotatable bonds is 5. The van der Waals surface area contributed by atoms with Crippen LogP contribution in [0.2, 0.25) is 0 Å². The van der Waals surface area contributed by atoms with Gasteiger partial charge >= 0.3 is 5.97 Å². The van der Waals surface area contributed by atoms with Crippen LogP contribution in [0.15, 0.2) is 48.5 Å². The summed E-state index contributed by atoms with van der Waals surface area (Å²) >= 11 is 0. The predicted molar refractivity (Wildman–Crippen MR) is 91.9 cm³/mol. The zero-order chi connectivity index (χ0) is 17.6. The Labute approximate surface area is 146 Å². The van der Waals surface area contributed by atoms with Gasteiger partial charge in [-0.05, 0) is 49.2 Å². The first-order valence-corrected chi connectivity index (χ1v) is 8.29. The first-order valence-electron chi connectivity index (χ1n) is 8.29. The van der Waals surface area contributed by atoms with Crippen LogP contribution in [0.3, 0.4) is 0 Å². The molecule has 1 heterocycles. The summed E-state index contributed by atoms with van der Waals surface area (Å²) in [5, 5.41) is 0. The van der Waals surface area contributed by atoms with E-state index in [1.54, 1.807) is 48.5 Å². The molecule has 0 saturated carbocycles. The molecule has 3 rings (SSSR count). The van der Waals surface area contributed by atoms with Gasteiger partial charge in [-0.2, -0.15) is 0 Å². The molecule has 2 aromatic carbocycles. The maximum absolute atomic E-state index is 12.5. The Bertz CT molecular complexity index is 728. The number of carbonyl (C=O) groups is 2. The molecule has 0 aliphatic carbocycles. The SMILES string of the molecule is COC(=O)c1ccc(C(=O)c2ccc(OC3CCCCO3)cc2)cc1. The zero-order valence-corrected chi connectivity index (χ0v) is 14.1.